The van der Waals surface area contributed by atoms with E-state index < -0.39 is 27.3 Å². The van der Waals surface area contributed by atoms with Gasteiger partial charge in [-0.1, -0.05) is 12.1 Å². The van der Waals surface area contributed by atoms with E-state index in [0.29, 0.717) is 0 Å². The Labute approximate surface area is 327 Å². The third-order valence-electron chi connectivity index (χ3n) is 8.63. The first-order valence-corrected chi connectivity index (χ1v) is 18.7. The second kappa shape index (κ2) is 15.7. The van der Waals surface area contributed by atoms with Crippen molar-refractivity contribution >= 4 is 38.0 Å². The van der Waals surface area contributed by atoms with Crippen LogP contribution in [0.2, 0.25) is 0 Å². The molecule has 0 aliphatic carbocycles. The molecule has 0 saturated carbocycles. The minimum Gasteiger partial charge on any atom is -0.304 e. The summed E-state index contributed by atoms with van der Waals surface area (Å²) in [6, 6.07) is 51.5. The second-order valence-corrected chi connectivity index (χ2v) is 15.9. The number of hydrogen-bond donors (Lipinski definition) is 0. The maximum atomic E-state index is 10.0. The molecule has 251 valence electrons. The predicted molar refractivity (Wildman–Crippen MR) is 208 cm³/mol. The molecule has 0 fully saturated rings. The van der Waals surface area contributed by atoms with Gasteiger partial charge in [-0.2, -0.15) is 0 Å². The Kier molecular flexibility index (Phi) is 9.93. The summed E-state index contributed by atoms with van der Waals surface area (Å²) in [5.74, 6) is 0. The van der Waals surface area contributed by atoms with E-state index in [1.165, 1.54) is 40.5 Å². The van der Waals surface area contributed by atoms with Crippen molar-refractivity contribution in [3.63, 3.8) is 0 Å². The zero-order valence-electron chi connectivity index (χ0n) is 31.4. The van der Waals surface area contributed by atoms with E-state index in [-0.39, 0.29) is 31.1 Å². The van der Waals surface area contributed by atoms with Crippen molar-refractivity contribution in [1.82, 2.24) is 9.97 Å². The van der Waals surface area contributed by atoms with Crippen molar-refractivity contribution in [2.75, 3.05) is 0 Å². The Morgan fingerprint density at radius 3 is 2.14 bits per heavy atom. The molecule has 3 nitrogen and oxygen atoms in total. The van der Waals surface area contributed by atoms with Crippen LogP contribution in [0.3, 0.4) is 0 Å². The van der Waals surface area contributed by atoms with Crippen LogP contribution in [0.1, 0.15) is 41.6 Å². The maximum Gasteiger partial charge on any atom is 0.0280 e. The number of nitrogens with zero attached hydrogens (tertiary/aromatic N) is 3. The molecule has 0 unspecified atom stereocenters. The summed E-state index contributed by atoms with van der Waals surface area (Å²) < 4.78 is 24.4. The van der Waals surface area contributed by atoms with Crippen LogP contribution in [0.5, 0.6) is 0 Å². The summed E-state index contributed by atoms with van der Waals surface area (Å²) in [7, 11) is 0. The number of fused-ring (bicyclic) bond motifs is 3. The largest absolute Gasteiger partial charge is 0.304 e. The summed E-state index contributed by atoms with van der Waals surface area (Å²) in [6.45, 7) is 4.60. The van der Waals surface area contributed by atoms with Gasteiger partial charge in [0.25, 0.3) is 0 Å². The Balaban J connectivity index is 0.000000246. The van der Waals surface area contributed by atoms with Gasteiger partial charge >= 0.3 is 228 Å². The molecular formula is C46H35IrN3Te-2. The van der Waals surface area contributed by atoms with Crippen LogP contribution in [0.4, 0.5) is 0 Å². The van der Waals surface area contributed by atoms with Crippen molar-refractivity contribution < 1.29 is 24.2 Å². The van der Waals surface area contributed by atoms with E-state index in [0.717, 1.165) is 39.2 Å². The molecule has 0 N–H and O–H groups in total. The maximum absolute atomic E-state index is 10.0. The zero-order valence-corrected chi connectivity index (χ0v) is 33.1. The van der Waals surface area contributed by atoms with Crippen molar-refractivity contribution in [1.29, 1.82) is 5.26 Å². The van der Waals surface area contributed by atoms with Crippen LogP contribution in [-0.2, 0) is 25.5 Å². The third-order valence-corrected chi connectivity index (χ3v) is 12.2. The van der Waals surface area contributed by atoms with Gasteiger partial charge in [0.15, 0.2) is 0 Å². The van der Waals surface area contributed by atoms with Gasteiger partial charge < -0.3 is 4.98 Å². The van der Waals surface area contributed by atoms with Crippen molar-refractivity contribution in [3.8, 4) is 50.8 Å². The van der Waals surface area contributed by atoms with Crippen LogP contribution in [0, 0.1) is 30.3 Å². The topological polar surface area (TPSA) is 49.6 Å². The summed E-state index contributed by atoms with van der Waals surface area (Å²) in [6.07, 6.45) is 3.31. The molecule has 0 aliphatic heterocycles. The fourth-order valence-electron chi connectivity index (χ4n) is 5.97. The second-order valence-electron chi connectivity index (χ2n) is 13.0. The van der Waals surface area contributed by atoms with Gasteiger partial charge in [0.2, 0.25) is 0 Å². The SMILES string of the molecule is CC(C)(C)c1ccnc(-c2[c-]ccc3c2[te]c2c(-c4ccc(-c5ccccc5)cc4)c(C#N)ccc23)c1.[2H]C([2H])([2H])c1ccc(-c2[c-]cccc2)nc1.[Ir]. The Bertz CT molecular complexity index is 2570. The van der Waals surface area contributed by atoms with Crippen LogP contribution in [-0.4, -0.2) is 30.4 Å². The number of pyridine rings is 2. The van der Waals surface area contributed by atoms with Crippen LogP contribution in [0.15, 0.2) is 140 Å². The van der Waals surface area contributed by atoms with Crippen molar-refractivity contribution in [2.45, 2.75) is 33.0 Å². The molecule has 0 amide bonds. The van der Waals surface area contributed by atoms with Gasteiger partial charge in [0, 0.05) is 30.4 Å². The number of rotatable bonds is 4. The van der Waals surface area contributed by atoms with Gasteiger partial charge in [0.1, 0.15) is 0 Å². The summed E-state index contributed by atoms with van der Waals surface area (Å²) >= 11 is -0.762. The van der Waals surface area contributed by atoms with Crippen LogP contribution < -0.4 is 0 Å². The molecule has 5 aromatic carbocycles. The standard InChI is InChI=1S/C34H25N2Te.C12H10N.Ir/c1-34(2,3)26-18-19-36-30(20-26)29-11-7-10-27-28-17-16-25(21-35)31(33(28)37-32(27)29)24-14-12-23(13-15-24)22-8-5-4-6-9-22;1-10-7-8-12(13-9-10)11-5-3-2-4-6-11;/h4-10,12-20H,1-3H3;2-5,7-9H,1H3;/q2*-1;/i;1D3;. The van der Waals surface area contributed by atoms with E-state index in [1.54, 1.807) is 18.2 Å². The molecule has 3 aromatic heterocycles. The average Bonchev–Trinajstić information content (AvgIpc) is 3.57. The fraction of sp³-hybridized carbons (Fsp3) is 0.109. The first-order chi connectivity index (χ1) is 25.5. The number of hydrogen-bond acceptors (Lipinski definition) is 3. The van der Waals surface area contributed by atoms with Gasteiger partial charge in [-0.05, 0) is 18.1 Å². The average molecular weight is 953 g/mol. The summed E-state index contributed by atoms with van der Waals surface area (Å²) in [4.78, 5) is 8.88. The van der Waals surface area contributed by atoms with E-state index in [9.17, 15) is 5.26 Å². The van der Waals surface area contributed by atoms with E-state index in [4.69, 9.17) is 9.10 Å². The number of aromatic nitrogens is 2. The predicted octanol–water partition coefficient (Wildman–Crippen LogP) is 11.3. The van der Waals surface area contributed by atoms with Crippen LogP contribution >= 0.6 is 0 Å². The smallest absolute Gasteiger partial charge is 0.0280 e. The molecule has 8 aromatic rings. The summed E-state index contributed by atoms with van der Waals surface area (Å²) in [5.41, 5.74) is 10.5. The van der Waals surface area contributed by atoms with Crippen molar-refractivity contribution in [3.05, 3.63) is 169 Å². The molecule has 0 spiro atoms. The molecule has 5 heteroatoms. The quantitative estimate of drug-likeness (QED) is 0.130. The minimum atomic E-state index is -2.09. The summed E-state index contributed by atoms with van der Waals surface area (Å²) in [5, 5.41) is 12.6. The van der Waals surface area contributed by atoms with Gasteiger partial charge in [0.05, 0.1) is 0 Å². The van der Waals surface area contributed by atoms with E-state index in [1.807, 2.05) is 42.6 Å². The molecule has 0 atom stereocenters. The number of aryl methyl sites for hydroxylation is 1. The van der Waals surface area contributed by atoms with E-state index >= 15 is 0 Å². The minimum absolute atomic E-state index is 0. The third kappa shape index (κ3) is 7.82. The fourth-order valence-corrected chi connectivity index (χ4v) is 9.90. The Hall–Kier alpha value is -4.67. The molecule has 8 rings (SSSR count). The van der Waals surface area contributed by atoms with Gasteiger partial charge in [-0.3, -0.25) is 0 Å². The molecule has 3 heterocycles. The molecule has 0 saturated heterocycles. The number of benzene rings is 5. The normalized spacial score (nSPS) is 12.1. The van der Waals surface area contributed by atoms with Crippen LogP contribution in [0.25, 0.3) is 62.3 Å². The Morgan fingerprint density at radius 2 is 1.45 bits per heavy atom. The van der Waals surface area contributed by atoms with E-state index in [2.05, 4.69) is 117 Å². The molecule has 0 bridgehead atoms. The zero-order chi connectivity index (χ0) is 37.2. The Morgan fingerprint density at radius 1 is 0.706 bits per heavy atom. The monoisotopic (exact) mass is 955 g/mol. The molecule has 1 radical (unpaired) electrons. The van der Waals surface area contributed by atoms with Gasteiger partial charge in [-0.25, -0.2) is 0 Å². The first-order valence-electron chi connectivity index (χ1n) is 17.9. The molecule has 51 heavy (non-hydrogen) atoms. The molecule has 0 aliphatic rings. The number of nitriles is 1. The van der Waals surface area contributed by atoms with Gasteiger partial charge in [-0.15, -0.1) is 35.9 Å². The molecular weight excluding hydrogens is 914 g/mol. The van der Waals surface area contributed by atoms with Crippen molar-refractivity contribution in [2.24, 2.45) is 0 Å². The first kappa shape index (κ1) is 32.3.